The van der Waals surface area contributed by atoms with Gasteiger partial charge in [0.25, 0.3) is 0 Å². The van der Waals surface area contributed by atoms with Crippen LogP contribution in [0.25, 0.3) is 0 Å². The van der Waals surface area contributed by atoms with Crippen LogP contribution in [0.4, 0.5) is 0 Å². The molecule has 0 saturated heterocycles. The predicted molar refractivity (Wildman–Crippen MR) is 83.7 cm³/mol. The number of carbonyl (C=O) groups is 1. The molecule has 0 fully saturated rings. The van der Waals surface area contributed by atoms with Crippen molar-refractivity contribution in [1.29, 1.82) is 0 Å². The van der Waals surface area contributed by atoms with E-state index in [4.69, 9.17) is 14.2 Å². The van der Waals surface area contributed by atoms with E-state index in [0.717, 1.165) is 4.47 Å². The van der Waals surface area contributed by atoms with Gasteiger partial charge < -0.3 is 14.2 Å². The molecule has 2 aromatic carbocycles. The molecule has 4 nitrogen and oxygen atoms in total. The maximum absolute atomic E-state index is 12.7. The highest BCUT2D eigenvalue weighted by Gasteiger charge is 2.19. The topological polar surface area (TPSA) is 44.8 Å². The highest BCUT2D eigenvalue weighted by Crippen LogP contribution is 2.31. The Bertz CT molecular complexity index is 667. The minimum atomic E-state index is -0.168. The lowest BCUT2D eigenvalue weighted by atomic mass is 10.0. The lowest BCUT2D eigenvalue weighted by molar-refractivity contribution is 0.103. The standard InChI is InChI=1S/C16H15BrO4/c1-19-11-5-7-13(15(9-11)21-3)16(18)12-6-4-10(17)8-14(12)20-2/h4-9H,1-3H3. The van der Waals surface area contributed by atoms with Gasteiger partial charge in [-0.15, -0.1) is 0 Å². The van der Waals surface area contributed by atoms with Crippen molar-refractivity contribution in [1.82, 2.24) is 0 Å². The van der Waals surface area contributed by atoms with Gasteiger partial charge in [0.2, 0.25) is 0 Å². The van der Waals surface area contributed by atoms with Crippen LogP contribution in [0.15, 0.2) is 40.9 Å². The molecule has 0 aromatic heterocycles. The Balaban J connectivity index is 2.49. The van der Waals surface area contributed by atoms with Crippen molar-refractivity contribution >= 4 is 21.7 Å². The van der Waals surface area contributed by atoms with Crippen LogP contribution in [0.3, 0.4) is 0 Å². The second-order valence-corrected chi connectivity index (χ2v) is 5.16. The van der Waals surface area contributed by atoms with Crippen LogP contribution < -0.4 is 14.2 Å². The van der Waals surface area contributed by atoms with Crippen LogP contribution in [0.5, 0.6) is 17.2 Å². The Labute approximate surface area is 131 Å². The van der Waals surface area contributed by atoms with Crippen LogP contribution in [-0.2, 0) is 0 Å². The highest BCUT2D eigenvalue weighted by molar-refractivity contribution is 9.10. The molecular weight excluding hydrogens is 336 g/mol. The molecule has 110 valence electrons. The van der Waals surface area contributed by atoms with Crippen molar-refractivity contribution in [2.75, 3.05) is 21.3 Å². The Morgan fingerprint density at radius 2 is 1.43 bits per heavy atom. The second-order valence-electron chi connectivity index (χ2n) is 4.24. The van der Waals surface area contributed by atoms with Gasteiger partial charge in [0.15, 0.2) is 5.78 Å². The van der Waals surface area contributed by atoms with Crippen molar-refractivity contribution in [3.8, 4) is 17.2 Å². The number of hydrogen-bond donors (Lipinski definition) is 0. The number of benzene rings is 2. The van der Waals surface area contributed by atoms with E-state index in [-0.39, 0.29) is 5.78 Å². The summed E-state index contributed by atoms with van der Waals surface area (Å²) in [6, 6.07) is 10.4. The van der Waals surface area contributed by atoms with E-state index in [1.807, 2.05) is 0 Å². The van der Waals surface area contributed by atoms with Gasteiger partial charge in [0.05, 0.1) is 32.5 Å². The monoisotopic (exact) mass is 350 g/mol. The molecule has 0 heterocycles. The zero-order valence-electron chi connectivity index (χ0n) is 12.0. The number of rotatable bonds is 5. The SMILES string of the molecule is COc1ccc(C(=O)c2ccc(Br)cc2OC)c(OC)c1. The van der Waals surface area contributed by atoms with Gasteiger partial charge in [-0.1, -0.05) is 15.9 Å². The smallest absolute Gasteiger partial charge is 0.200 e. The van der Waals surface area contributed by atoms with Crippen LogP contribution in [0.2, 0.25) is 0 Å². The number of carbonyl (C=O) groups excluding carboxylic acids is 1. The molecule has 0 amide bonds. The Morgan fingerprint density at radius 3 is 2.00 bits per heavy atom. The summed E-state index contributed by atoms with van der Waals surface area (Å²) >= 11 is 3.36. The molecule has 0 spiro atoms. The summed E-state index contributed by atoms with van der Waals surface area (Å²) < 4.78 is 16.5. The maximum Gasteiger partial charge on any atom is 0.200 e. The molecular formula is C16H15BrO4. The third-order valence-electron chi connectivity index (χ3n) is 3.06. The Kier molecular flexibility index (Phi) is 4.85. The maximum atomic E-state index is 12.7. The first-order valence-corrected chi connectivity index (χ1v) is 7.00. The molecule has 0 aliphatic heterocycles. The van der Waals surface area contributed by atoms with E-state index in [0.29, 0.717) is 28.4 Å². The van der Waals surface area contributed by atoms with Crippen LogP contribution in [0.1, 0.15) is 15.9 Å². The summed E-state index contributed by atoms with van der Waals surface area (Å²) in [6.45, 7) is 0. The fourth-order valence-electron chi connectivity index (χ4n) is 1.98. The van der Waals surface area contributed by atoms with Crippen molar-refractivity contribution in [3.63, 3.8) is 0 Å². The molecule has 2 aromatic rings. The number of methoxy groups -OCH3 is 3. The van der Waals surface area contributed by atoms with Gasteiger partial charge in [-0.25, -0.2) is 0 Å². The van der Waals surface area contributed by atoms with Crippen molar-refractivity contribution in [2.45, 2.75) is 0 Å². The summed E-state index contributed by atoms with van der Waals surface area (Å²) in [5, 5.41) is 0. The Morgan fingerprint density at radius 1 is 0.857 bits per heavy atom. The van der Waals surface area contributed by atoms with Gasteiger partial charge >= 0.3 is 0 Å². The number of hydrogen-bond acceptors (Lipinski definition) is 4. The minimum absolute atomic E-state index is 0.168. The molecule has 5 heteroatoms. The molecule has 0 saturated carbocycles. The predicted octanol–water partition coefficient (Wildman–Crippen LogP) is 3.71. The first-order valence-electron chi connectivity index (χ1n) is 6.21. The first kappa shape index (κ1) is 15.4. The third kappa shape index (κ3) is 3.19. The summed E-state index contributed by atoms with van der Waals surface area (Å²) in [5.74, 6) is 1.43. The molecule has 2 rings (SSSR count). The average molecular weight is 351 g/mol. The molecule has 0 radical (unpaired) electrons. The van der Waals surface area contributed by atoms with Crippen LogP contribution in [-0.4, -0.2) is 27.1 Å². The van der Waals surface area contributed by atoms with Gasteiger partial charge in [0, 0.05) is 10.5 Å². The van der Waals surface area contributed by atoms with E-state index in [1.165, 1.54) is 14.2 Å². The van der Waals surface area contributed by atoms with Crippen molar-refractivity contribution in [3.05, 3.63) is 52.0 Å². The van der Waals surface area contributed by atoms with E-state index >= 15 is 0 Å². The summed E-state index contributed by atoms with van der Waals surface area (Å²) in [4.78, 5) is 12.7. The van der Waals surface area contributed by atoms with Crippen LogP contribution in [0, 0.1) is 0 Å². The fourth-order valence-corrected chi connectivity index (χ4v) is 2.32. The zero-order chi connectivity index (χ0) is 15.4. The molecule has 0 aliphatic rings. The molecule has 0 bridgehead atoms. The van der Waals surface area contributed by atoms with Crippen LogP contribution >= 0.6 is 15.9 Å². The van der Waals surface area contributed by atoms with Gasteiger partial charge in [-0.2, -0.15) is 0 Å². The summed E-state index contributed by atoms with van der Waals surface area (Å²) in [7, 11) is 4.61. The average Bonchev–Trinajstić information content (AvgIpc) is 2.53. The fraction of sp³-hybridized carbons (Fsp3) is 0.188. The molecule has 0 N–H and O–H groups in total. The summed E-state index contributed by atoms with van der Waals surface area (Å²) in [6.07, 6.45) is 0. The van der Waals surface area contributed by atoms with Gasteiger partial charge in [0.1, 0.15) is 17.2 Å². The van der Waals surface area contributed by atoms with E-state index in [9.17, 15) is 4.79 Å². The van der Waals surface area contributed by atoms with Gasteiger partial charge in [-0.3, -0.25) is 4.79 Å². The zero-order valence-corrected chi connectivity index (χ0v) is 13.6. The van der Waals surface area contributed by atoms with E-state index in [1.54, 1.807) is 43.5 Å². The lowest BCUT2D eigenvalue weighted by Gasteiger charge is -2.12. The highest BCUT2D eigenvalue weighted by atomic mass is 79.9. The summed E-state index contributed by atoms with van der Waals surface area (Å²) in [5.41, 5.74) is 0.933. The third-order valence-corrected chi connectivity index (χ3v) is 3.55. The van der Waals surface area contributed by atoms with Crippen molar-refractivity contribution < 1.29 is 19.0 Å². The number of halogens is 1. The first-order chi connectivity index (χ1) is 10.1. The quantitative estimate of drug-likeness (QED) is 0.771. The van der Waals surface area contributed by atoms with E-state index in [2.05, 4.69) is 15.9 Å². The normalized spacial score (nSPS) is 10.1. The minimum Gasteiger partial charge on any atom is -0.497 e. The van der Waals surface area contributed by atoms with Crippen molar-refractivity contribution in [2.24, 2.45) is 0 Å². The number of ketones is 1. The molecule has 0 aliphatic carbocycles. The van der Waals surface area contributed by atoms with Gasteiger partial charge in [-0.05, 0) is 30.3 Å². The molecule has 0 atom stereocenters. The second kappa shape index (κ2) is 6.63. The lowest BCUT2D eigenvalue weighted by Crippen LogP contribution is -2.06. The Hall–Kier alpha value is -2.01. The number of ether oxygens (including phenoxy) is 3. The van der Waals surface area contributed by atoms with E-state index < -0.39 is 0 Å². The molecule has 0 unspecified atom stereocenters. The largest absolute Gasteiger partial charge is 0.497 e. The molecule has 21 heavy (non-hydrogen) atoms.